The van der Waals surface area contributed by atoms with Gasteiger partial charge in [0.2, 0.25) is 0 Å². The third kappa shape index (κ3) is 3.43. The van der Waals surface area contributed by atoms with Crippen molar-refractivity contribution < 1.29 is 19.8 Å². The van der Waals surface area contributed by atoms with Crippen molar-refractivity contribution in [2.45, 2.75) is 0 Å². The molecule has 0 fully saturated rings. The molecule has 0 saturated carbocycles. The summed E-state index contributed by atoms with van der Waals surface area (Å²) in [4.78, 5) is 0. The molecule has 0 aliphatic heterocycles. The third-order valence-electron chi connectivity index (χ3n) is 2.96. The number of hydrogen-bond acceptors (Lipinski definition) is 0. The van der Waals surface area contributed by atoms with Crippen molar-refractivity contribution >= 4 is 23.8 Å². The van der Waals surface area contributed by atoms with Gasteiger partial charge >= 0.3 is 19.8 Å². The Hall–Kier alpha value is -1.27. The Labute approximate surface area is 134 Å². The summed E-state index contributed by atoms with van der Waals surface area (Å²) in [6.45, 7) is 0. The summed E-state index contributed by atoms with van der Waals surface area (Å²) in [6, 6.07) is 33.1. The van der Waals surface area contributed by atoms with E-state index in [-0.39, 0.29) is 19.8 Å². The van der Waals surface area contributed by atoms with Crippen LogP contribution in [-0.2, 0) is 19.8 Å². The van der Waals surface area contributed by atoms with Gasteiger partial charge in [-0.15, -0.1) is 5.30 Å². The molecule has 0 bridgehead atoms. The minimum Gasteiger partial charge on any atom is -0.176 e. The normalized spacial score (nSPS) is 10.1. The van der Waals surface area contributed by atoms with E-state index in [9.17, 15) is 0 Å². The van der Waals surface area contributed by atoms with Crippen molar-refractivity contribution in [1.29, 1.82) is 0 Å². The van der Waals surface area contributed by atoms with E-state index in [0.29, 0.717) is 0 Å². The van der Waals surface area contributed by atoms with E-state index in [1.807, 2.05) is 12.1 Å². The van der Waals surface area contributed by atoms with Crippen LogP contribution < -0.4 is 15.9 Å². The van der Waals surface area contributed by atoms with Crippen LogP contribution >= 0.6 is 7.92 Å². The molecule has 3 aromatic carbocycles. The smallest absolute Gasteiger partial charge is 0.176 e. The van der Waals surface area contributed by atoms with Crippen molar-refractivity contribution in [2.24, 2.45) is 0 Å². The second-order valence-electron chi connectivity index (χ2n) is 4.25. The van der Waals surface area contributed by atoms with E-state index in [0.717, 1.165) is 0 Å². The molecular weight excluding hydrogens is 437 g/mol. The van der Waals surface area contributed by atoms with Gasteiger partial charge in [-0.25, -0.2) is 0 Å². The topological polar surface area (TPSA) is 0 Å². The van der Waals surface area contributed by atoms with Crippen LogP contribution in [0.1, 0.15) is 0 Å². The van der Waals surface area contributed by atoms with Gasteiger partial charge in [0.25, 0.3) is 0 Å². The van der Waals surface area contributed by atoms with E-state index in [2.05, 4.69) is 78.9 Å². The molecule has 1 radical (unpaired) electrons. The zero-order chi connectivity index (χ0) is 12.9. The van der Waals surface area contributed by atoms with Crippen LogP contribution in [0.5, 0.6) is 0 Å². The zero-order valence-corrected chi connectivity index (χ0v) is 14.3. The van der Waals surface area contributed by atoms with E-state index < -0.39 is 7.92 Å². The monoisotopic (exact) mass is 453 g/mol. The van der Waals surface area contributed by atoms with Gasteiger partial charge < -0.3 is 0 Å². The van der Waals surface area contributed by atoms with Gasteiger partial charge in [0.15, 0.2) is 0 Å². The molecule has 3 aromatic rings. The Morgan fingerprint density at radius 2 is 1.10 bits per heavy atom. The number of benzene rings is 3. The molecule has 20 heavy (non-hydrogen) atoms. The summed E-state index contributed by atoms with van der Waals surface area (Å²) in [5, 5.41) is 4.01. The standard InChI is InChI=1S/C18H14P.Os/c1-4-10-16(11-5-1)19(17-12-6-2-7-13-17)18-14-8-3-9-15-18;/h1-14H;/q-1;+1. The molecule has 0 atom stereocenters. The van der Waals surface area contributed by atoms with Crippen LogP contribution in [0.2, 0.25) is 0 Å². The quantitative estimate of drug-likeness (QED) is 0.424. The van der Waals surface area contributed by atoms with Crippen LogP contribution in [0.3, 0.4) is 0 Å². The van der Waals surface area contributed by atoms with Gasteiger partial charge in [-0.1, -0.05) is 60.7 Å². The second kappa shape index (κ2) is 7.49. The van der Waals surface area contributed by atoms with E-state index in [4.69, 9.17) is 0 Å². The fraction of sp³-hybridized carbons (Fsp3) is 0. The molecule has 3 rings (SSSR count). The number of rotatable bonds is 3. The van der Waals surface area contributed by atoms with Crippen LogP contribution in [0, 0.1) is 6.07 Å². The minimum absolute atomic E-state index is 0. The molecule has 0 amide bonds. The van der Waals surface area contributed by atoms with Gasteiger partial charge in [-0.2, -0.15) is 30.3 Å². The predicted octanol–water partition coefficient (Wildman–Crippen LogP) is 3.24. The van der Waals surface area contributed by atoms with Crippen molar-refractivity contribution in [2.75, 3.05) is 0 Å². The summed E-state index contributed by atoms with van der Waals surface area (Å²) in [7, 11) is -0.502. The molecule has 99 valence electrons. The van der Waals surface area contributed by atoms with Crippen LogP contribution in [0.4, 0.5) is 0 Å². The van der Waals surface area contributed by atoms with Crippen molar-refractivity contribution in [1.82, 2.24) is 0 Å². The Balaban J connectivity index is 0.00000147. The maximum Gasteiger partial charge on any atom is 1.00 e. The molecule has 0 aliphatic carbocycles. The molecule has 0 N–H and O–H groups in total. The fourth-order valence-electron chi connectivity index (χ4n) is 2.10. The predicted molar refractivity (Wildman–Crippen MR) is 84.0 cm³/mol. The molecule has 2 heteroatoms. The summed E-state index contributed by atoms with van der Waals surface area (Å²) < 4.78 is 0. The Bertz CT molecular complexity index is 529. The second-order valence-corrected chi connectivity index (χ2v) is 6.44. The van der Waals surface area contributed by atoms with Gasteiger partial charge in [-0.3, -0.25) is 0 Å². The van der Waals surface area contributed by atoms with Gasteiger partial charge in [0.1, 0.15) is 0 Å². The van der Waals surface area contributed by atoms with Crippen molar-refractivity contribution in [3.05, 3.63) is 91.0 Å². The number of hydrogen-bond donors (Lipinski definition) is 0. The summed E-state index contributed by atoms with van der Waals surface area (Å²) in [6.07, 6.45) is 0. The molecule has 0 aliphatic rings. The fourth-order valence-corrected chi connectivity index (χ4v) is 4.34. The Kier molecular flexibility index (Phi) is 5.67. The van der Waals surface area contributed by atoms with Crippen molar-refractivity contribution in [3.8, 4) is 0 Å². The SMILES string of the molecule is [Os+].[c-]1ccccc1P(c1ccccc1)c1ccccc1. The first kappa shape index (κ1) is 15.1. The van der Waals surface area contributed by atoms with Crippen LogP contribution in [0.25, 0.3) is 0 Å². The first-order valence-electron chi connectivity index (χ1n) is 6.32. The average Bonchev–Trinajstić information content (AvgIpc) is 2.51. The maximum atomic E-state index is 3.39. The maximum absolute atomic E-state index is 3.39. The average molecular weight is 452 g/mol. The van der Waals surface area contributed by atoms with Gasteiger partial charge in [0, 0.05) is 0 Å². The van der Waals surface area contributed by atoms with E-state index in [1.54, 1.807) is 0 Å². The third-order valence-corrected chi connectivity index (χ3v) is 5.35. The van der Waals surface area contributed by atoms with Crippen molar-refractivity contribution in [3.63, 3.8) is 0 Å². The van der Waals surface area contributed by atoms with E-state index in [1.165, 1.54) is 15.9 Å². The minimum atomic E-state index is -0.502. The molecule has 0 unspecified atom stereocenters. The largest absolute Gasteiger partial charge is 1.00 e. The summed E-state index contributed by atoms with van der Waals surface area (Å²) in [5.74, 6) is 0. The van der Waals surface area contributed by atoms with Crippen LogP contribution in [0.15, 0.2) is 84.9 Å². The summed E-state index contributed by atoms with van der Waals surface area (Å²) in [5.41, 5.74) is 0. The molecule has 0 nitrogen and oxygen atoms in total. The van der Waals surface area contributed by atoms with Crippen LogP contribution in [-0.4, -0.2) is 0 Å². The Morgan fingerprint density at radius 3 is 1.55 bits per heavy atom. The molecule has 0 saturated heterocycles. The first-order chi connectivity index (χ1) is 9.45. The van der Waals surface area contributed by atoms with Gasteiger partial charge in [-0.05, 0) is 18.5 Å². The molecular formula is C18H14OsP. The molecule has 0 heterocycles. The van der Waals surface area contributed by atoms with Gasteiger partial charge in [0.05, 0.1) is 0 Å². The molecule has 0 aromatic heterocycles. The first-order valence-corrected chi connectivity index (χ1v) is 7.66. The zero-order valence-electron chi connectivity index (χ0n) is 10.9. The summed E-state index contributed by atoms with van der Waals surface area (Å²) >= 11 is 0. The van der Waals surface area contributed by atoms with E-state index >= 15 is 0 Å². The Morgan fingerprint density at radius 1 is 0.600 bits per heavy atom. The molecule has 0 spiro atoms.